The quantitative estimate of drug-likeness (QED) is 0.827. The summed E-state index contributed by atoms with van der Waals surface area (Å²) >= 11 is 1.77. The smallest absolute Gasteiger partial charge is 0.123 e. The summed E-state index contributed by atoms with van der Waals surface area (Å²) in [6, 6.07) is 0.682. The predicted molar refractivity (Wildman–Crippen MR) is 69.4 cm³/mol. The van der Waals surface area contributed by atoms with Gasteiger partial charge < -0.3 is 4.74 Å². The molecule has 1 aromatic heterocycles. The Kier molecular flexibility index (Phi) is 3.45. The van der Waals surface area contributed by atoms with E-state index in [1.54, 1.807) is 11.3 Å². The number of aromatic nitrogens is 1. The topological polar surface area (TPSA) is 25.4 Å². The molecule has 0 N–H and O–H groups in total. The van der Waals surface area contributed by atoms with Gasteiger partial charge in [-0.15, -0.1) is 11.3 Å². The second-order valence-electron chi connectivity index (χ2n) is 5.04. The van der Waals surface area contributed by atoms with Crippen LogP contribution in [0.2, 0.25) is 0 Å². The van der Waals surface area contributed by atoms with Crippen molar-refractivity contribution in [3.8, 4) is 0 Å². The zero-order chi connectivity index (χ0) is 11.7. The summed E-state index contributed by atoms with van der Waals surface area (Å²) in [5.41, 5.74) is 1.24. The Balaban J connectivity index is 1.67. The average molecular weight is 252 g/mol. The van der Waals surface area contributed by atoms with Gasteiger partial charge in [-0.1, -0.05) is 13.3 Å². The molecule has 3 nitrogen and oxygen atoms in total. The Morgan fingerprint density at radius 2 is 2.53 bits per heavy atom. The second kappa shape index (κ2) is 5.04. The monoisotopic (exact) mass is 252 g/mol. The summed E-state index contributed by atoms with van der Waals surface area (Å²) in [6.45, 7) is 5.39. The lowest BCUT2D eigenvalue weighted by Gasteiger charge is -2.34. The normalized spacial score (nSPS) is 29.5. The molecule has 1 aromatic rings. The highest BCUT2D eigenvalue weighted by Crippen LogP contribution is 2.31. The molecule has 2 saturated heterocycles. The first kappa shape index (κ1) is 11.6. The van der Waals surface area contributed by atoms with Gasteiger partial charge in [0.25, 0.3) is 0 Å². The number of nitrogens with zero attached hydrogens (tertiary/aromatic N) is 2. The van der Waals surface area contributed by atoms with E-state index in [2.05, 4.69) is 17.2 Å². The van der Waals surface area contributed by atoms with Crippen molar-refractivity contribution in [3.63, 3.8) is 0 Å². The van der Waals surface area contributed by atoms with Gasteiger partial charge in [0.15, 0.2) is 0 Å². The fourth-order valence-corrected chi connectivity index (χ4v) is 3.70. The number of fused-ring (bicyclic) bond motifs is 1. The maximum absolute atomic E-state index is 5.98. The van der Waals surface area contributed by atoms with Crippen LogP contribution in [0.5, 0.6) is 0 Å². The highest BCUT2D eigenvalue weighted by Gasteiger charge is 2.33. The maximum Gasteiger partial charge on any atom is 0.123 e. The lowest BCUT2D eigenvalue weighted by atomic mass is 10.2. The van der Waals surface area contributed by atoms with Crippen LogP contribution >= 0.6 is 11.3 Å². The van der Waals surface area contributed by atoms with Gasteiger partial charge >= 0.3 is 0 Å². The van der Waals surface area contributed by atoms with Crippen molar-refractivity contribution < 1.29 is 4.74 Å². The molecule has 0 aromatic carbocycles. The second-order valence-corrected chi connectivity index (χ2v) is 5.93. The van der Waals surface area contributed by atoms with Crippen LogP contribution in [0.3, 0.4) is 0 Å². The molecule has 17 heavy (non-hydrogen) atoms. The summed E-state index contributed by atoms with van der Waals surface area (Å²) in [5, 5.41) is 3.37. The molecule has 2 aliphatic rings. The van der Waals surface area contributed by atoms with Gasteiger partial charge in [0.1, 0.15) is 11.1 Å². The van der Waals surface area contributed by atoms with E-state index in [1.807, 2.05) is 0 Å². The van der Waals surface area contributed by atoms with E-state index in [4.69, 9.17) is 9.72 Å². The maximum atomic E-state index is 5.98. The molecule has 0 aliphatic carbocycles. The summed E-state index contributed by atoms with van der Waals surface area (Å²) in [6.07, 6.45) is 5.13. The van der Waals surface area contributed by atoms with E-state index in [1.165, 1.54) is 36.5 Å². The molecule has 2 unspecified atom stereocenters. The Labute approximate surface area is 107 Å². The molecule has 94 valence electrons. The van der Waals surface area contributed by atoms with E-state index >= 15 is 0 Å². The molecule has 0 radical (unpaired) electrons. The minimum Gasteiger partial charge on any atom is -0.368 e. The molecule has 0 spiro atoms. The molecular weight excluding hydrogens is 232 g/mol. The van der Waals surface area contributed by atoms with Crippen LogP contribution in [0, 0.1) is 0 Å². The molecule has 3 heterocycles. The zero-order valence-electron chi connectivity index (χ0n) is 10.4. The fourth-order valence-electron chi connectivity index (χ4n) is 2.81. The van der Waals surface area contributed by atoms with Gasteiger partial charge in [0.2, 0.25) is 0 Å². The van der Waals surface area contributed by atoms with Crippen LogP contribution in [-0.2, 0) is 11.2 Å². The van der Waals surface area contributed by atoms with Crippen molar-refractivity contribution in [1.29, 1.82) is 0 Å². The molecule has 0 amide bonds. The van der Waals surface area contributed by atoms with Crippen molar-refractivity contribution in [2.45, 2.75) is 44.8 Å². The molecular formula is C13H20N2OS. The van der Waals surface area contributed by atoms with Gasteiger partial charge in [-0.05, 0) is 25.8 Å². The number of aryl methyl sites for hydroxylation is 1. The van der Waals surface area contributed by atoms with Crippen LogP contribution in [-0.4, -0.2) is 35.6 Å². The first-order chi connectivity index (χ1) is 8.36. The summed E-state index contributed by atoms with van der Waals surface area (Å²) in [4.78, 5) is 7.28. The molecule has 0 saturated carbocycles. The number of morpholine rings is 1. The number of hydrogen-bond acceptors (Lipinski definition) is 4. The van der Waals surface area contributed by atoms with Crippen molar-refractivity contribution in [1.82, 2.24) is 9.88 Å². The minimum absolute atomic E-state index is 0.222. The van der Waals surface area contributed by atoms with Crippen molar-refractivity contribution in [2.75, 3.05) is 19.7 Å². The molecule has 2 fully saturated rings. The van der Waals surface area contributed by atoms with E-state index < -0.39 is 0 Å². The first-order valence-electron chi connectivity index (χ1n) is 6.66. The van der Waals surface area contributed by atoms with Gasteiger partial charge in [-0.25, -0.2) is 4.98 Å². The van der Waals surface area contributed by atoms with Crippen LogP contribution < -0.4 is 0 Å². The third-order valence-corrected chi connectivity index (χ3v) is 4.73. The van der Waals surface area contributed by atoms with Crippen molar-refractivity contribution in [2.24, 2.45) is 0 Å². The standard InChI is InChI=1S/C13H20N2OS/c1-2-4-10-9-17-13(14-10)12-7-15-6-3-5-11(15)8-16-12/h9,11-12H,2-8H2,1H3. The zero-order valence-corrected chi connectivity index (χ0v) is 11.2. The molecule has 0 bridgehead atoms. The molecule has 3 rings (SSSR count). The highest BCUT2D eigenvalue weighted by molar-refractivity contribution is 7.09. The number of thiazole rings is 1. The third kappa shape index (κ3) is 2.39. The van der Waals surface area contributed by atoms with Gasteiger partial charge in [-0.2, -0.15) is 0 Å². The number of hydrogen-bond donors (Lipinski definition) is 0. The molecule has 2 atom stereocenters. The van der Waals surface area contributed by atoms with E-state index in [9.17, 15) is 0 Å². The lowest BCUT2D eigenvalue weighted by Crippen LogP contribution is -2.42. The van der Waals surface area contributed by atoms with Gasteiger partial charge in [0.05, 0.1) is 12.3 Å². The van der Waals surface area contributed by atoms with Crippen LogP contribution in [0.25, 0.3) is 0 Å². The minimum atomic E-state index is 0.222. The van der Waals surface area contributed by atoms with E-state index in [-0.39, 0.29) is 6.10 Å². The molecule has 2 aliphatic heterocycles. The largest absolute Gasteiger partial charge is 0.368 e. The first-order valence-corrected chi connectivity index (χ1v) is 7.54. The SMILES string of the molecule is CCCc1csc(C2CN3CCCC3CO2)n1. The highest BCUT2D eigenvalue weighted by atomic mass is 32.1. The third-order valence-electron chi connectivity index (χ3n) is 3.74. The van der Waals surface area contributed by atoms with Crippen LogP contribution in [0.1, 0.15) is 43.0 Å². The fraction of sp³-hybridized carbons (Fsp3) is 0.769. The van der Waals surface area contributed by atoms with E-state index in [0.29, 0.717) is 6.04 Å². The van der Waals surface area contributed by atoms with Gasteiger partial charge in [0, 0.05) is 18.0 Å². The summed E-state index contributed by atoms with van der Waals surface area (Å²) < 4.78 is 5.98. The van der Waals surface area contributed by atoms with Gasteiger partial charge in [-0.3, -0.25) is 4.90 Å². The van der Waals surface area contributed by atoms with Crippen LogP contribution in [0.4, 0.5) is 0 Å². The van der Waals surface area contributed by atoms with E-state index in [0.717, 1.165) is 19.6 Å². The summed E-state index contributed by atoms with van der Waals surface area (Å²) in [7, 11) is 0. The van der Waals surface area contributed by atoms with Crippen molar-refractivity contribution >= 4 is 11.3 Å². The number of ether oxygens (including phenoxy) is 1. The van der Waals surface area contributed by atoms with Crippen LogP contribution in [0.15, 0.2) is 5.38 Å². The Morgan fingerprint density at radius 3 is 3.41 bits per heavy atom. The number of rotatable bonds is 3. The molecule has 4 heteroatoms. The predicted octanol–water partition coefficient (Wildman–Crippen LogP) is 2.63. The van der Waals surface area contributed by atoms with Crippen molar-refractivity contribution in [3.05, 3.63) is 16.1 Å². The summed E-state index contributed by atoms with van der Waals surface area (Å²) in [5.74, 6) is 0. The Morgan fingerprint density at radius 1 is 1.59 bits per heavy atom. The lowest BCUT2D eigenvalue weighted by molar-refractivity contribution is -0.0502. The Hall–Kier alpha value is -0.450. The Bertz CT molecular complexity index is 379. The average Bonchev–Trinajstić information content (AvgIpc) is 2.96.